The first-order valence-corrected chi connectivity index (χ1v) is 7.53. The predicted molar refractivity (Wildman–Crippen MR) is 82.8 cm³/mol. The number of benzene rings is 1. The Morgan fingerprint density at radius 2 is 1.80 bits per heavy atom. The molecular formula is C17H26N2O. The quantitative estimate of drug-likeness (QED) is 0.919. The van der Waals surface area contributed by atoms with Gasteiger partial charge in [0.1, 0.15) is 0 Å². The smallest absolute Gasteiger partial charge is 0.236 e. The molecule has 1 N–H and O–H groups in total. The molecule has 110 valence electrons. The molecule has 0 aromatic heterocycles. The third-order valence-electron chi connectivity index (χ3n) is 3.89. The molecule has 0 spiro atoms. The molecule has 1 heterocycles. The van der Waals surface area contributed by atoms with Crippen LogP contribution in [-0.2, 0) is 4.79 Å². The van der Waals surface area contributed by atoms with E-state index in [4.69, 9.17) is 0 Å². The standard InChI is InChI=1S/C17H26N2O/c1-17(2,3)18-13-16(20)19-11-9-15(10-12-19)14-7-5-4-6-8-14/h4-8,15,18H,9-13H2,1-3H3. The van der Waals surface area contributed by atoms with Crippen molar-refractivity contribution in [2.75, 3.05) is 19.6 Å². The lowest BCUT2D eigenvalue weighted by Crippen LogP contribution is -2.47. The van der Waals surface area contributed by atoms with Gasteiger partial charge in [0.25, 0.3) is 0 Å². The second-order valence-electron chi connectivity index (χ2n) is 6.67. The molecule has 0 atom stereocenters. The average Bonchev–Trinajstić information content (AvgIpc) is 2.45. The first-order valence-electron chi connectivity index (χ1n) is 7.53. The maximum atomic E-state index is 12.2. The fourth-order valence-electron chi connectivity index (χ4n) is 2.64. The molecule has 3 nitrogen and oxygen atoms in total. The first kappa shape index (κ1) is 15.0. The van der Waals surface area contributed by atoms with Crippen molar-refractivity contribution in [1.29, 1.82) is 0 Å². The van der Waals surface area contributed by atoms with Crippen molar-refractivity contribution < 1.29 is 4.79 Å². The summed E-state index contributed by atoms with van der Waals surface area (Å²) in [5, 5.41) is 3.27. The van der Waals surface area contributed by atoms with Gasteiger partial charge in [-0.2, -0.15) is 0 Å². The number of nitrogens with one attached hydrogen (secondary N) is 1. The molecule has 1 aromatic rings. The lowest BCUT2D eigenvalue weighted by Gasteiger charge is -2.33. The highest BCUT2D eigenvalue weighted by Crippen LogP contribution is 2.27. The van der Waals surface area contributed by atoms with Crippen molar-refractivity contribution in [1.82, 2.24) is 10.2 Å². The van der Waals surface area contributed by atoms with Crippen LogP contribution in [0.25, 0.3) is 0 Å². The zero-order valence-corrected chi connectivity index (χ0v) is 12.9. The van der Waals surface area contributed by atoms with Gasteiger partial charge in [-0.25, -0.2) is 0 Å². The van der Waals surface area contributed by atoms with E-state index < -0.39 is 0 Å². The second kappa shape index (κ2) is 6.40. The van der Waals surface area contributed by atoms with Crippen LogP contribution in [0.1, 0.15) is 45.1 Å². The predicted octanol–water partition coefficient (Wildman–Crippen LogP) is 2.78. The monoisotopic (exact) mass is 274 g/mol. The Labute approximate surface area is 122 Å². The summed E-state index contributed by atoms with van der Waals surface area (Å²) in [5.74, 6) is 0.835. The van der Waals surface area contributed by atoms with Crippen LogP contribution in [0.3, 0.4) is 0 Å². The Bertz CT molecular complexity index is 428. The van der Waals surface area contributed by atoms with Crippen molar-refractivity contribution in [2.24, 2.45) is 0 Å². The van der Waals surface area contributed by atoms with E-state index in [0.717, 1.165) is 25.9 Å². The van der Waals surface area contributed by atoms with Crippen LogP contribution in [0.2, 0.25) is 0 Å². The van der Waals surface area contributed by atoms with E-state index in [9.17, 15) is 4.79 Å². The van der Waals surface area contributed by atoms with E-state index >= 15 is 0 Å². The Morgan fingerprint density at radius 1 is 1.20 bits per heavy atom. The number of nitrogens with zero attached hydrogens (tertiary/aromatic N) is 1. The molecule has 0 radical (unpaired) electrons. The molecule has 1 aliphatic rings. The number of hydrogen-bond donors (Lipinski definition) is 1. The molecule has 0 bridgehead atoms. The number of rotatable bonds is 3. The molecule has 1 amide bonds. The number of amides is 1. The van der Waals surface area contributed by atoms with Gasteiger partial charge in [-0.05, 0) is 45.1 Å². The molecule has 0 aliphatic carbocycles. The Kier molecular flexibility index (Phi) is 4.81. The van der Waals surface area contributed by atoms with E-state index in [1.54, 1.807) is 0 Å². The van der Waals surface area contributed by atoms with Gasteiger partial charge in [-0.15, -0.1) is 0 Å². The molecule has 20 heavy (non-hydrogen) atoms. The molecule has 1 fully saturated rings. The van der Waals surface area contributed by atoms with Crippen molar-refractivity contribution >= 4 is 5.91 Å². The SMILES string of the molecule is CC(C)(C)NCC(=O)N1CCC(c2ccccc2)CC1. The van der Waals surface area contributed by atoms with E-state index in [-0.39, 0.29) is 11.4 Å². The highest BCUT2D eigenvalue weighted by Gasteiger charge is 2.24. The van der Waals surface area contributed by atoms with Gasteiger partial charge in [-0.3, -0.25) is 4.79 Å². The lowest BCUT2D eigenvalue weighted by molar-refractivity contribution is -0.131. The van der Waals surface area contributed by atoms with Gasteiger partial charge in [0.15, 0.2) is 0 Å². The zero-order chi connectivity index (χ0) is 14.6. The Morgan fingerprint density at radius 3 is 2.35 bits per heavy atom. The van der Waals surface area contributed by atoms with Gasteiger partial charge < -0.3 is 10.2 Å². The van der Waals surface area contributed by atoms with Crippen molar-refractivity contribution in [3.8, 4) is 0 Å². The topological polar surface area (TPSA) is 32.3 Å². The van der Waals surface area contributed by atoms with Crippen molar-refractivity contribution in [2.45, 2.75) is 45.1 Å². The molecule has 1 saturated heterocycles. The van der Waals surface area contributed by atoms with Gasteiger partial charge in [0.2, 0.25) is 5.91 Å². The first-order chi connectivity index (χ1) is 9.46. The third kappa shape index (κ3) is 4.34. The van der Waals surface area contributed by atoms with Crippen LogP contribution in [0.5, 0.6) is 0 Å². The van der Waals surface area contributed by atoms with Crippen LogP contribution in [0.15, 0.2) is 30.3 Å². The summed E-state index contributed by atoms with van der Waals surface area (Å²) in [5.41, 5.74) is 1.41. The van der Waals surface area contributed by atoms with E-state index in [1.165, 1.54) is 5.56 Å². The molecule has 0 unspecified atom stereocenters. The molecule has 3 heteroatoms. The number of hydrogen-bond acceptors (Lipinski definition) is 2. The van der Waals surface area contributed by atoms with Gasteiger partial charge >= 0.3 is 0 Å². The van der Waals surface area contributed by atoms with Gasteiger partial charge in [-0.1, -0.05) is 30.3 Å². The summed E-state index contributed by atoms with van der Waals surface area (Å²) in [7, 11) is 0. The minimum absolute atomic E-state index is 0.00196. The van der Waals surface area contributed by atoms with E-state index in [1.807, 2.05) is 4.90 Å². The number of carbonyl (C=O) groups excluding carboxylic acids is 1. The normalized spacial score (nSPS) is 17.2. The minimum atomic E-state index is -0.00196. The summed E-state index contributed by atoms with van der Waals surface area (Å²) >= 11 is 0. The molecule has 1 aliphatic heterocycles. The lowest BCUT2D eigenvalue weighted by atomic mass is 9.89. The fourth-order valence-corrected chi connectivity index (χ4v) is 2.64. The number of carbonyl (C=O) groups is 1. The summed E-state index contributed by atoms with van der Waals surface area (Å²) in [4.78, 5) is 14.1. The largest absolute Gasteiger partial charge is 0.342 e. The van der Waals surface area contributed by atoms with E-state index in [0.29, 0.717) is 12.5 Å². The summed E-state index contributed by atoms with van der Waals surface area (Å²) in [6.07, 6.45) is 2.15. The summed E-state index contributed by atoms with van der Waals surface area (Å²) in [6, 6.07) is 10.6. The van der Waals surface area contributed by atoms with Crippen LogP contribution < -0.4 is 5.32 Å². The maximum Gasteiger partial charge on any atom is 0.236 e. The summed E-state index contributed by atoms with van der Waals surface area (Å²) in [6.45, 7) is 8.46. The minimum Gasteiger partial charge on any atom is -0.342 e. The molecule has 2 rings (SSSR count). The maximum absolute atomic E-state index is 12.2. The van der Waals surface area contributed by atoms with Crippen molar-refractivity contribution in [3.05, 3.63) is 35.9 Å². The highest BCUT2D eigenvalue weighted by atomic mass is 16.2. The second-order valence-corrected chi connectivity index (χ2v) is 6.67. The van der Waals surface area contributed by atoms with E-state index in [2.05, 4.69) is 56.4 Å². The highest BCUT2D eigenvalue weighted by molar-refractivity contribution is 5.78. The number of likely N-dealkylation sites (tertiary alicyclic amines) is 1. The van der Waals surface area contributed by atoms with Crippen LogP contribution in [-0.4, -0.2) is 36.0 Å². The Hall–Kier alpha value is -1.35. The number of piperidine rings is 1. The zero-order valence-electron chi connectivity index (χ0n) is 12.9. The summed E-state index contributed by atoms with van der Waals surface area (Å²) < 4.78 is 0. The molecular weight excluding hydrogens is 248 g/mol. The molecule has 1 aromatic carbocycles. The average molecular weight is 274 g/mol. The fraction of sp³-hybridized carbons (Fsp3) is 0.588. The molecule has 0 saturated carbocycles. The Balaban J connectivity index is 1.81. The van der Waals surface area contributed by atoms with Crippen molar-refractivity contribution in [3.63, 3.8) is 0 Å². The van der Waals surface area contributed by atoms with Crippen LogP contribution in [0.4, 0.5) is 0 Å². The third-order valence-corrected chi connectivity index (χ3v) is 3.89. The van der Waals surface area contributed by atoms with Gasteiger partial charge in [0.05, 0.1) is 6.54 Å². The van der Waals surface area contributed by atoms with Crippen LogP contribution >= 0.6 is 0 Å². The van der Waals surface area contributed by atoms with Crippen LogP contribution in [0, 0.1) is 0 Å². The van der Waals surface area contributed by atoms with Gasteiger partial charge in [0, 0.05) is 18.6 Å².